The van der Waals surface area contributed by atoms with Gasteiger partial charge in [0.2, 0.25) is 10.0 Å². The fraction of sp³-hybridized carbons (Fsp3) is 0.500. The molecule has 0 unspecified atom stereocenters. The maximum Gasteiger partial charge on any atom is 0.390 e. The second-order valence-electron chi connectivity index (χ2n) is 4.31. The van der Waals surface area contributed by atoms with E-state index in [4.69, 9.17) is 16.3 Å². The molecule has 9 heteroatoms. The van der Waals surface area contributed by atoms with E-state index in [0.29, 0.717) is 9.87 Å². The van der Waals surface area contributed by atoms with Gasteiger partial charge in [-0.2, -0.15) is 13.2 Å². The first kappa shape index (κ1) is 18.1. The molecule has 0 saturated heterocycles. The molecule has 1 rings (SSSR count). The van der Waals surface area contributed by atoms with Crippen molar-refractivity contribution >= 4 is 21.6 Å². The maximum absolute atomic E-state index is 12.3. The zero-order valence-corrected chi connectivity index (χ0v) is 13.0. The lowest BCUT2D eigenvalue weighted by Crippen LogP contribution is -2.31. The van der Waals surface area contributed by atoms with Crippen LogP contribution in [0.2, 0.25) is 0 Å². The molecule has 0 fully saturated rings. The number of benzene rings is 1. The quantitative estimate of drug-likeness (QED) is 0.745. The monoisotopic (exact) mass is 345 g/mol. The number of ether oxygens (including phenoxy) is 1. The molecule has 21 heavy (non-hydrogen) atoms. The first-order chi connectivity index (χ1) is 9.61. The fourth-order valence-corrected chi connectivity index (χ4v) is 3.12. The molecule has 1 aromatic rings. The summed E-state index contributed by atoms with van der Waals surface area (Å²) in [4.78, 5) is -0.201. The number of methoxy groups -OCH3 is 1. The smallest absolute Gasteiger partial charge is 0.390 e. The van der Waals surface area contributed by atoms with Crippen molar-refractivity contribution in [3.63, 3.8) is 0 Å². The Morgan fingerprint density at radius 1 is 1.33 bits per heavy atom. The van der Waals surface area contributed by atoms with Crippen molar-refractivity contribution in [2.75, 3.05) is 20.7 Å². The predicted octanol–water partition coefficient (Wildman–Crippen LogP) is 3.01. The summed E-state index contributed by atoms with van der Waals surface area (Å²) in [5.74, 6) is 0.140. The van der Waals surface area contributed by atoms with Gasteiger partial charge in [0.15, 0.2) is 0 Å². The van der Waals surface area contributed by atoms with Gasteiger partial charge in [-0.05, 0) is 17.7 Å². The standard InChI is InChI=1S/C12H15ClF3NO3S/c1-17(6-5-12(14,15)16)21(18,19)11-7-9(8-13)3-4-10(11)20-2/h3-4,7H,5-6,8H2,1-2H3. The summed E-state index contributed by atoms with van der Waals surface area (Å²) < 4.78 is 66.9. The molecular formula is C12H15ClF3NO3S. The predicted molar refractivity (Wildman–Crippen MR) is 73.0 cm³/mol. The summed E-state index contributed by atoms with van der Waals surface area (Å²) in [6.45, 7) is -0.667. The molecular weight excluding hydrogens is 331 g/mol. The zero-order valence-electron chi connectivity index (χ0n) is 11.4. The van der Waals surface area contributed by atoms with E-state index in [1.54, 1.807) is 6.07 Å². The lowest BCUT2D eigenvalue weighted by atomic mass is 10.2. The molecule has 0 amide bonds. The van der Waals surface area contributed by atoms with E-state index in [1.807, 2.05) is 0 Å². The minimum atomic E-state index is -4.42. The highest BCUT2D eigenvalue weighted by molar-refractivity contribution is 7.89. The Bertz CT molecular complexity index is 590. The zero-order chi connectivity index (χ0) is 16.3. The topological polar surface area (TPSA) is 46.6 Å². The summed E-state index contributed by atoms with van der Waals surface area (Å²) in [6.07, 6.45) is -5.65. The van der Waals surface area contributed by atoms with Crippen LogP contribution in [0.5, 0.6) is 5.75 Å². The molecule has 0 aliphatic carbocycles. The summed E-state index contributed by atoms with van der Waals surface area (Å²) >= 11 is 5.65. The largest absolute Gasteiger partial charge is 0.495 e. The van der Waals surface area contributed by atoms with Crippen molar-refractivity contribution in [1.29, 1.82) is 0 Å². The highest BCUT2D eigenvalue weighted by Crippen LogP contribution is 2.29. The van der Waals surface area contributed by atoms with E-state index in [0.717, 1.165) is 7.05 Å². The summed E-state index contributed by atoms with van der Waals surface area (Å²) in [5, 5.41) is 0. The van der Waals surface area contributed by atoms with E-state index < -0.39 is 29.2 Å². The average Bonchev–Trinajstić information content (AvgIpc) is 2.42. The van der Waals surface area contributed by atoms with E-state index in [1.165, 1.54) is 19.2 Å². The van der Waals surface area contributed by atoms with Crippen LogP contribution in [0.25, 0.3) is 0 Å². The first-order valence-corrected chi connectivity index (χ1v) is 7.85. The van der Waals surface area contributed by atoms with Gasteiger partial charge in [-0.25, -0.2) is 12.7 Å². The minimum Gasteiger partial charge on any atom is -0.495 e. The molecule has 0 aliphatic rings. The van der Waals surface area contributed by atoms with E-state index in [2.05, 4.69) is 0 Å². The van der Waals surface area contributed by atoms with Crippen LogP contribution in [0.4, 0.5) is 13.2 Å². The first-order valence-electron chi connectivity index (χ1n) is 5.88. The third-order valence-corrected chi connectivity index (χ3v) is 4.97. The molecule has 0 saturated carbocycles. The van der Waals surface area contributed by atoms with E-state index in [-0.39, 0.29) is 16.5 Å². The summed E-state index contributed by atoms with van der Waals surface area (Å²) in [6, 6.07) is 4.30. The second kappa shape index (κ2) is 6.85. The van der Waals surface area contributed by atoms with Crippen LogP contribution in [0.15, 0.2) is 23.1 Å². The molecule has 0 bridgehead atoms. The Morgan fingerprint density at radius 3 is 2.43 bits per heavy atom. The molecule has 0 heterocycles. The number of alkyl halides is 4. The van der Waals surface area contributed by atoms with Crippen molar-refractivity contribution in [3.8, 4) is 5.75 Å². The van der Waals surface area contributed by atoms with Gasteiger partial charge in [-0.15, -0.1) is 11.6 Å². The van der Waals surface area contributed by atoms with Crippen LogP contribution in [-0.2, 0) is 15.9 Å². The third kappa shape index (κ3) is 4.76. The number of halogens is 4. The van der Waals surface area contributed by atoms with Crippen molar-refractivity contribution in [2.45, 2.75) is 23.4 Å². The van der Waals surface area contributed by atoms with Crippen LogP contribution in [0.3, 0.4) is 0 Å². The molecule has 0 radical (unpaired) electrons. The van der Waals surface area contributed by atoms with Gasteiger partial charge in [-0.3, -0.25) is 0 Å². The number of hydrogen-bond acceptors (Lipinski definition) is 3. The van der Waals surface area contributed by atoms with Gasteiger partial charge in [0.25, 0.3) is 0 Å². The normalized spacial score (nSPS) is 12.7. The number of rotatable bonds is 6. The Morgan fingerprint density at radius 2 is 1.95 bits per heavy atom. The molecule has 0 aliphatic heterocycles. The molecule has 0 aromatic heterocycles. The van der Waals surface area contributed by atoms with Crippen LogP contribution in [0.1, 0.15) is 12.0 Å². The van der Waals surface area contributed by atoms with E-state index in [9.17, 15) is 21.6 Å². The summed E-state index contributed by atoms with van der Waals surface area (Å²) in [7, 11) is -1.71. The van der Waals surface area contributed by atoms with Crippen LogP contribution < -0.4 is 4.74 Å². The van der Waals surface area contributed by atoms with Crippen LogP contribution in [-0.4, -0.2) is 39.6 Å². The maximum atomic E-state index is 12.3. The Kier molecular flexibility index (Phi) is 5.89. The minimum absolute atomic E-state index is 0.0581. The highest BCUT2D eigenvalue weighted by Gasteiger charge is 2.31. The molecule has 0 spiro atoms. The van der Waals surface area contributed by atoms with Gasteiger partial charge in [0, 0.05) is 19.5 Å². The Balaban J connectivity index is 3.11. The molecule has 120 valence electrons. The van der Waals surface area contributed by atoms with E-state index >= 15 is 0 Å². The molecule has 4 nitrogen and oxygen atoms in total. The van der Waals surface area contributed by atoms with Gasteiger partial charge >= 0.3 is 6.18 Å². The van der Waals surface area contributed by atoms with Gasteiger partial charge in [-0.1, -0.05) is 6.07 Å². The molecule has 0 atom stereocenters. The SMILES string of the molecule is COc1ccc(CCl)cc1S(=O)(=O)N(C)CCC(F)(F)F. The average molecular weight is 346 g/mol. The molecule has 0 N–H and O–H groups in total. The highest BCUT2D eigenvalue weighted by atomic mass is 35.5. The van der Waals surface area contributed by atoms with Gasteiger partial charge in [0.05, 0.1) is 13.5 Å². The second-order valence-corrected chi connectivity index (χ2v) is 6.59. The molecule has 1 aromatic carbocycles. The van der Waals surface area contributed by atoms with Gasteiger partial charge in [0.1, 0.15) is 10.6 Å². The van der Waals surface area contributed by atoms with Crippen molar-refractivity contribution in [2.24, 2.45) is 0 Å². The fourth-order valence-electron chi connectivity index (χ4n) is 1.58. The van der Waals surface area contributed by atoms with Crippen molar-refractivity contribution in [1.82, 2.24) is 4.31 Å². The Hall–Kier alpha value is -0.990. The number of sulfonamides is 1. The van der Waals surface area contributed by atoms with Gasteiger partial charge < -0.3 is 4.74 Å². The van der Waals surface area contributed by atoms with Crippen molar-refractivity contribution in [3.05, 3.63) is 23.8 Å². The third-order valence-electron chi connectivity index (χ3n) is 2.78. The van der Waals surface area contributed by atoms with Crippen LogP contribution >= 0.6 is 11.6 Å². The van der Waals surface area contributed by atoms with Crippen molar-refractivity contribution < 1.29 is 26.3 Å². The Labute approximate surface area is 126 Å². The lowest BCUT2D eigenvalue weighted by Gasteiger charge is -2.20. The number of hydrogen-bond donors (Lipinski definition) is 0. The lowest BCUT2D eigenvalue weighted by molar-refractivity contribution is -0.135. The number of nitrogens with zero attached hydrogens (tertiary/aromatic N) is 1. The summed E-state index contributed by atoms with van der Waals surface area (Å²) in [5.41, 5.74) is 0.528. The van der Waals surface area contributed by atoms with Crippen LogP contribution in [0, 0.1) is 0 Å².